The third-order valence-corrected chi connectivity index (χ3v) is 2.43. The van der Waals surface area contributed by atoms with Gasteiger partial charge in [0.15, 0.2) is 0 Å². The molecule has 0 unspecified atom stereocenters. The fourth-order valence-electron chi connectivity index (χ4n) is 1.33. The van der Waals surface area contributed by atoms with Gasteiger partial charge in [0.1, 0.15) is 0 Å². The molecule has 0 bridgehead atoms. The summed E-state index contributed by atoms with van der Waals surface area (Å²) in [6.07, 6.45) is 0.593. The molecule has 0 saturated heterocycles. The second kappa shape index (κ2) is 5.65. The molecule has 2 rings (SSSR count). The van der Waals surface area contributed by atoms with Gasteiger partial charge in [0.25, 0.3) is 0 Å². The van der Waals surface area contributed by atoms with Crippen molar-refractivity contribution in [3.8, 4) is 0 Å². The molecule has 0 aliphatic carbocycles. The molecule has 17 heavy (non-hydrogen) atoms. The minimum absolute atomic E-state index is 0.406. The fraction of sp³-hybridized carbons (Fsp3) is 0.273. The van der Waals surface area contributed by atoms with Crippen LogP contribution >= 0.6 is 11.6 Å². The first kappa shape index (κ1) is 11.9. The predicted molar refractivity (Wildman–Crippen MR) is 65.8 cm³/mol. The van der Waals surface area contributed by atoms with Crippen molar-refractivity contribution in [1.82, 2.24) is 10.2 Å². The summed E-state index contributed by atoms with van der Waals surface area (Å²) in [5.74, 6) is 0.547. The van der Waals surface area contributed by atoms with E-state index in [4.69, 9.17) is 21.8 Å². The van der Waals surface area contributed by atoms with Crippen molar-refractivity contribution in [3.63, 3.8) is 0 Å². The van der Waals surface area contributed by atoms with Crippen molar-refractivity contribution in [2.75, 3.05) is 11.9 Å². The number of rotatable bonds is 5. The lowest BCUT2D eigenvalue weighted by Crippen LogP contribution is -2.02. The largest absolute Gasteiger partial charge is 0.408 e. The number of hydrogen-bond donors (Lipinski definition) is 2. The molecule has 0 aliphatic heterocycles. The number of nitrogens with one attached hydrogen (secondary N) is 1. The van der Waals surface area contributed by atoms with Crippen molar-refractivity contribution in [2.24, 2.45) is 5.73 Å². The minimum atomic E-state index is 0.406. The van der Waals surface area contributed by atoms with Gasteiger partial charge in [0.05, 0.1) is 0 Å². The quantitative estimate of drug-likeness (QED) is 0.849. The van der Waals surface area contributed by atoms with Crippen LogP contribution in [0, 0.1) is 0 Å². The first-order valence-corrected chi connectivity index (χ1v) is 5.66. The van der Waals surface area contributed by atoms with Crippen LogP contribution in [0.1, 0.15) is 11.5 Å². The van der Waals surface area contributed by atoms with Crippen LogP contribution in [0.15, 0.2) is 28.7 Å². The van der Waals surface area contributed by atoms with Crippen LogP contribution in [-0.4, -0.2) is 16.7 Å². The molecule has 2 aromatic rings. The molecule has 6 heteroatoms. The van der Waals surface area contributed by atoms with Crippen LogP contribution < -0.4 is 11.1 Å². The average Bonchev–Trinajstić information content (AvgIpc) is 2.77. The molecule has 90 valence electrons. The third kappa shape index (κ3) is 3.44. The summed E-state index contributed by atoms with van der Waals surface area (Å²) in [6, 6.07) is 7.96. The number of benzene rings is 1. The van der Waals surface area contributed by atoms with Gasteiger partial charge in [-0.05, 0) is 17.7 Å². The van der Waals surface area contributed by atoms with E-state index in [1.165, 1.54) is 0 Å². The molecule has 0 saturated carbocycles. The summed E-state index contributed by atoms with van der Waals surface area (Å²) in [6.45, 7) is 1.11. The van der Waals surface area contributed by atoms with Crippen LogP contribution in [-0.2, 0) is 13.0 Å². The van der Waals surface area contributed by atoms with Gasteiger partial charge in [-0.1, -0.05) is 28.8 Å². The van der Waals surface area contributed by atoms with E-state index < -0.39 is 0 Å². The van der Waals surface area contributed by atoms with Gasteiger partial charge in [-0.3, -0.25) is 0 Å². The van der Waals surface area contributed by atoms with Crippen LogP contribution in [0.3, 0.4) is 0 Å². The first-order valence-electron chi connectivity index (χ1n) is 5.28. The standard InChI is InChI=1S/C11H13ClN4O/c12-9-3-1-8(2-4-9)7-14-11-16-15-10(17-11)5-6-13/h1-4H,5-7,13H2,(H,14,16). The summed E-state index contributed by atoms with van der Waals surface area (Å²) >= 11 is 5.79. The van der Waals surface area contributed by atoms with Crippen LogP contribution in [0.5, 0.6) is 0 Å². The highest BCUT2D eigenvalue weighted by molar-refractivity contribution is 6.30. The number of anilines is 1. The summed E-state index contributed by atoms with van der Waals surface area (Å²) < 4.78 is 5.33. The molecule has 3 N–H and O–H groups in total. The van der Waals surface area contributed by atoms with Crippen molar-refractivity contribution >= 4 is 17.6 Å². The number of aromatic nitrogens is 2. The molecule has 5 nitrogen and oxygen atoms in total. The van der Waals surface area contributed by atoms with Crippen molar-refractivity contribution in [3.05, 3.63) is 40.7 Å². The van der Waals surface area contributed by atoms with Crippen LogP contribution in [0.25, 0.3) is 0 Å². The Kier molecular flexibility index (Phi) is 3.95. The molecule has 1 aromatic heterocycles. The Balaban J connectivity index is 1.90. The highest BCUT2D eigenvalue weighted by Crippen LogP contribution is 2.11. The number of nitrogens with zero attached hydrogens (tertiary/aromatic N) is 2. The van der Waals surface area contributed by atoms with Gasteiger partial charge in [0, 0.05) is 24.5 Å². The van der Waals surface area contributed by atoms with Crippen molar-refractivity contribution in [2.45, 2.75) is 13.0 Å². The number of hydrogen-bond acceptors (Lipinski definition) is 5. The van der Waals surface area contributed by atoms with Crippen LogP contribution in [0.2, 0.25) is 5.02 Å². The Morgan fingerprint density at radius 1 is 1.24 bits per heavy atom. The Labute approximate surface area is 104 Å². The lowest BCUT2D eigenvalue weighted by molar-refractivity contribution is 0.505. The molecule has 0 atom stereocenters. The predicted octanol–water partition coefficient (Wildman–Crippen LogP) is 1.84. The molecule has 0 aliphatic rings. The molecule has 0 spiro atoms. The molecule has 0 fully saturated rings. The number of halogens is 1. The molecule has 1 heterocycles. The number of nitrogens with two attached hydrogens (primary N) is 1. The van der Waals surface area contributed by atoms with Gasteiger partial charge in [-0.15, -0.1) is 5.10 Å². The Morgan fingerprint density at radius 2 is 2.00 bits per heavy atom. The zero-order valence-electron chi connectivity index (χ0n) is 9.19. The van der Waals surface area contributed by atoms with Crippen molar-refractivity contribution < 1.29 is 4.42 Å². The van der Waals surface area contributed by atoms with E-state index in [1.807, 2.05) is 24.3 Å². The molecule has 0 amide bonds. The van der Waals surface area contributed by atoms with E-state index in [2.05, 4.69) is 15.5 Å². The highest BCUT2D eigenvalue weighted by atomic mass is 35.5. The molecular formula is C11H13ClN4O. The third-order valence-electron chi connectivity index (χ3n) is 2.18. The van der Waals surface area contributed by atoms with E-state index in [-0.39, 0.29) is 0 Å². The normalized spacial score (nSPS) is 10.5. The van der Waals surface area contributed by atoms with Gasteiger partial charge in [-0.25, -0.2) is 0 Å². The van der Waals surface area contributed by atoms with Crippen molar-refractivity contribution in [1.29, 1.82) is 0 Å². The maximum atomic E-state index is 5.79. The topological polar surface area (TPSA) is 77.0 Å². The minimum Gasteiger partial charge on any atom is -0.408 e. The van der Waals surface area contributed by atoms with E-state index in [1.54, 1.807) is 0 Å². The van der Waals surface area contributed by atoms with Crippen LogP contribution in [0.4, 0.5) is 6.01 Å². The first-order chi connectivity index (χ1) is 8.28. The second-order valence-corrected chi connectivity index (χ2v) is 3.96. The smallest absolute Gasteiger partial charge is 0.315 e. The van der Waals surface area contributed by atoms with Gasteiger partial charge in [-0.2, -0.15) is 0 Å². The fourth-order valence-corrected chi connectivity index (χ4v) is 1.46. The lowest BCUT2D eigenvalue weighted by atomic mass is 10.2. The van der Waals surface area contributed by atoms with Gasteiger partial charge in [0.2, 0.25) is 5.89 Å². The van der Waals surface area contributed by atoms with E-state index in [9.17, 15) is 0 Å². The monoisotopic (exact) mass is 252 g/mol. The molecule has 0 radical (unpaired) electrons. The Hall–Kier alpha value is -1.59. The van der Waals surface area contributed by atoms with E-state index in [0.29, 0.717) is 31.4 Å². The summed E-state index contributed by atoms with van der Waals surface area (Å²) in [5.41, 5.74) is 6.48. The Morgan fingerprint density at radius 3 is 2.71 bits per heavy atom. The zero-order chi connectivity index (χ0) is 12.1. The summed E-state index contributed by atoms with van der Waals surface area (Å²) in [4.78, 5) is 0. The zero-order valence-corrected chi connectivity index (χ0v) is 9.94. The highest BCUT2D eigenvalue weighted by Gasteiger charge is 2.04. The average molecular weight is 253 g/mol. The van der Waals surface area contributed by atoms with E-state index in [0.717, 1.165) is 10.6 Å². The van der Waals surface area contributed by atoms with Gasteiger partial charge >= 0.3 is 6.01 Å². The molecule has 1 aromatic carbocycles. The van der Waals surface area contributed by atoms with Gasteiger partial charge < -0.3 is 15.5 Å². The maximum absolute atomic E-state index is 5.79. The SMILES string of the molecule is NCCc1nnc(NCc2ccc(Cl)cc2)o1. The lowest BCUT2D eigenvalue weighted by Gasteiger charge is -2.01. The Bertz CT molecular complexity index is 469. The maximum Gasteiger partial charge on any atom is 0.315 e. The summed E-state index contributed by atoms with van der Waals surface area (Å²) in [7, 11) is 0. The molecular weight excluding hydrogens is 240 g/mol. The second-order valence-electron chi connectivity index (χ2n) is 3.52. The summed E-state index contributed by atoms with van der Waals surface area (Å²) in [5, 5.41) is 11.5. The van der Waals surface area contributed by atoms with E-state index >= 15 is 0 Å².